The highest BCUT2D eigenvalue weighted by atomic mass is 31.2. The molecule has 0 aliphatic heterocycles. The predicted molar refractivity (Wildman–Crippen MR) is 375 cm³/mol. The quantitative estimate of drug-likeness (QED) is 0.0200. The van der Waals surface area contributed by atoms with Crippen LogP contribution in [0.2, 0.25) is 0 Å². The Morgan fingerprint density at radius 3 is 0.717 bits per heavy atom. The second kappa shape index (κ2) is 38.5. The summed E-state index contributed by atoms with van der Waals surface area (Å²) in [5.74, 6) is 0. The van der Waals surface area contributed by atoms with E-state index in [4.69, 9.17) is 68.5 Å². The van der Waals surface area contributed by atoms with Crippen LogP contribution in [0, 0.1) is 0 Å². The largest absolute Gasteiger partial charge is 0.475 e. The van der Waals surface area contributed by atoms with Gasteiger partial charge in [0.2, 0.25) is 0 Å². The first-order valence-corrected chi connectivity index (χ1v) is 37.7. The molecule has 11 rings (SSSR count). The Morgan fingerprint density at radius 2 is 0.444 bits per heavy atom. The summed E-state index contributed by atoms with van der Waals surface area (Å²) < 4.78 is 151. The lowest BCUT2D eigenvalue weighted by Crippen LogP contribution is -2.67. The molecule has 514 valence electrons. The standard InChI is InChI=1S/C77H78O18P4/c78-97(86-55-66-39-19-5-20-40-66,87-56-67-41-21-6-22-42-67)93-75-72(83-61-81-51-62-31-11-1-12-32-62)74(92-96(84-53-64-35-15-3-16-36-64)85-54-65-37-17-4-18-38-65)77(95-99(80,90-59-70-47-27-9-28-48-70)91-60-71-49-29-10-30-50-71)76(73(75)82-52-63-33-13-2-14-34-63)94-98(79,88-57-68-43-23-7-24-44-68)89-58-69-45-25-8-26-46-69/h1-50,72-77H,51-61H2/t72-,73+,74+,75-,76-,77-/m1/s1. The number of hydrogen-bond acceptors (Lipinski definition) is 18. The van der Waals surface area contributed by atoms with Crippen LogP contribution in [-0.4, -0.2) is 43.4 Å². The summed E-state index contributed by atoms with van der Waals surface area (Å²) in [5, 5.41) is 0. The predicted octanol–water partition coefficient (Wildman–Crippen LogP) is 19.0. The van der Waals surface area contributed by atoms with Gasteiger partial charge in [0.1, 0.15) is 43.4 Å². The molecule has 1 saturated carbocycles. The Morgan fingerprint density at radius 1 is 0.232 bits per heavy atom. The van der Waals surface area contributed by atoms with Crippen molar-refractivity contribution < 1.29 is 82.2 Å². The number of benzene rings is 10. The van der Waals surface area contributed by atoms with Gasteiger partial charge in [-0.2, -0.15) is 0 Å². The molecule has 10 aromatic carbocycles. The zero-order chi connectivity index (χ0) is 68.1. The third-order valence-corrected chi connectivity index (χ3v) is 20.7. The van der Waals surface area contributed by atoms with Gasteiger partial charge in [0.25, 0.3) is 0 Å². The molecule has 18 nitrogen and oxygen atoms in total. The molecule has 22 heteroatoms. The first-order chi connectivity index (χ1) is 48.6. The minimum Gasteiger partial charge on any atom is -0.368 e. The van der Waals surface area contributed by atoms with Crippen LogP contribution in [0.1, 0.15) is 55.6 Å². The van der Waals surface area contributed by atoms with Crippen molar-refractivity contribution >= 4 is 32.1 Å². The highest BCUT2D eigenvalue weighted by molar-refractivity contribution is 7.49. The average molecular weight is 1420 g/mol. The maximum Gasteiger partial charge on any atom is 0.475 e. The van der Waals surface area contributed by atoms with Crippen molar-refractivity contribution in [2.24, 2.45) is 0 Å². The number of hydrogen-bond donors (Lipinski definition) is 0. The minimum atomic E-state index is -5.11. The molecule has 0 saturated heterocycles. The van der Waals surface area contributed by atoms with Crippen LogP contribution in [-0.2, 0) is 148 Å². The van der Waals surface area contributed by atoms with Gasteiger partial charge in [-0.05, 0) is 55.6 Å². The number of ether oxygens (including phenoxy) is 3. The van der Waals surface area contributed by atoms with Crippen molar-refractivity contribution in [1.82, 2.24) is 0 Å². The average Bonchev–Trinajstić information content (AvgIpc) is 0.747. The first-order valence-electron chi connectivity index (χ1n) is 32.3. The second-order valence-electron chi connectivity index (χ2n) is 22.8. The van der Waals surface area contributed by atoms with Crippen LogP contribution >= 0.6 is 32.1 Å². The molecule has 0 heterocycles. The van der Waals surface area contributed by atoms with Crippen LogP contribution in [0.3, 0.4) is 0 Å². The van der Waals surface area contributed by atoms with E-state index in [2.05, 4.69) is 0 Å². The molecule has 99 heavy (non-hydrogen) atoms. The van der Waals surface area contributed by atoms with E-state index < -0.39 is 75.5 Å². The van der Waals surface area contributed by atoms with E-state index in [1.54, 1.807) is 97.1 Å². The van der Waals surface area contributed by atoms with Crippen molar-refractivity contribution in [2.75, 3.05) is 6.79 Å². The van der Waals surface area contributed by atoms with Crippen molar-refractivity contribution in [2.45, 2.75) is 103 Å². The van der Waals surface area contributed by atoms with Gasteiger partial charge in [0.15, 0.2) is 0 Å². The van der Waals surface area contributed by atoms with E-state index in [0.717, 1.165) is 16.7 Å². The third-order valence-electron chi connectivity index (χ3n) is 15.4. The Kier molecular flexibility index (Phi) is 28.4. The molecule has 1 aliphatic rings. The first kappa shape index (κ1) is 73.0. The highest BCUT2D eigenvalue weighted by Crippen LogP contribution is 2.62. The van der Waals surface area contributed by atoms with Gasteiger partial charge in [-0.15, -0.1) is 0 Å². The molecule has 0 N–H and O–H groups in total. The molecule has 1 fully saturated rings. The lowest BCUT2D eigenvalue weighted by molar-refractivity contribution is -0.252. The van der Waals surface area contributed by atoms with Gasteiger partial charge in [0.05, 0.1) is 66.1 Å². The van der Waals surface area contributed by atoms with Crippen molar-refractivity contribution in [3.05, 3.63) is 359 Å². The van der Waals surface area contributed by atoms with Gasteiger partial charge >= 0.3 is 32.1 Å². The van der Waals surface area contributed by atoms with Gasteiger partial charge in [-0.25, -0.2) is 13.7 Å². The van der Waals surface area contributed by atoms with E-state index in [9.17, 15) is 0 Å². The van der Waals surface area contributed by atoms with Crippen molar-refractivity contribution in [3.63, 3.8) is 0 Å². The Hall–Kier alpha value is -7.28. The number of rotatable bonds is 40. The van der Waals surface area contributed by atoms with Crippen LogP contribution in [0.15, 0.2) is 303 Å². The molecule has 0 bridgehead atoms. The van der Waals surface area contributed by atoms with Crippen molar-refractivity contribution in [1.29, 1.82) is 0 Å². The lowest BCUT2D eigenvalue weighted by Gasteiger charge is -2.50. The maximum atomic E-state index is 16.6. The van der Waals surface area contributed by atoms with Crippen molar-refractivity contribution in [3.8, 4) is 0 Å². The van der Waals surface area contributed by atoms with Gasteiger partial charge < -0.3 is 27.8 Å². The molecule has 10 aromatic rings. The molecule has 1 aliphatic carbocycles. The summed E-state index contributed by atoms with van der Waals surface area (Å²) in [5.41, 5.74) is 6.58. The monoisotopic (exact) mass is 1410 g/mol. The Labute approximate surface area is 579 Å². The molecule has 0 unspecified atom stereocenters. The fourth-order valence-electron chi connectivity index (χ4n) is 10.3. The molecular weight excluding hydrogens is 1340 g/mol. The lowest BCUT2D eigenvalue weighted by atomic mass is 9.84. The Balaban J connectivity index is 1.13. The second-order valence-corrected chi connectivity index (χ2v) is 28.8. The summed E-state index contributed by atoms with van der Waals surface area (Å²) >= 11 is 0. The minimum absolute atomic E-state index is 0.0483. The van der Waals surface area contributed by atoms with Crippen LogP contribution in [0.25, 0.3) is 0 Å². The van der Waals surface area contributed by atoms with Crippen LogP contribution in [0.4, 0.5) is 0 Å². The highest BCUT2D eigenvalue weighted by Gasteiger charge is 2.62. The van der Waals surface area contributed by atoms with Crippen LogP contribution in [0.5, 0.6) is 0 Å². The van der Waals surface area contributed by atoms with Crippen LogP contribution < -0.4 is 0 Å². The number of phosphoric acid groups is 3. The normalized spacial score (nSPS) is 17.3. The molecule has 0 aromatic heterocycles. The third kappa shape index (κ3) is 23.7. The summed E-state index contributed by atoms with van der Waals surface area (Å²) in [6, 6.07) is 91.6. The Bertz CT molecular complexity index is 3860. The fraction of sp³-hybridized carbons (Fsp3) is 0.221. The summed E-state index contributed by atoms with van der Waals surface area (Å²) in [4.78, 5) is 0. The maximum absolute atomic E-state index is 16.6. The summed E-state index contributed by atoms with van der Waals surface area (Å²) in [6.45, 7) is -2.64. The molecule has 6 atom stereocenters. The van der Waals surface area contributed by atoms with E-state index in [0.29, 0.717) is 38.9 Å². The molecule has 0 spiro atoms. The van der Waals surface area contributed by atoms with Gasteiger partial charge in [-0.3, -0.25) is 40.7 Å². The van der Waals surface area contributed by atoms with E-state index >= 15 is 13.7 Å². The molecule has 0 radical (unpaired) electrons. The van der Waals surface area contributed by atoms with Gasteiger partial charge in [-0.1, -0.05) is 303 Å². The fourth-order valence-corrected chi connectivity index (χ4v) is 15.5. The smallest absolute Gasteiger partial charge is 0.368 e. The van der Waals surface area contributed by atoms with E-state index in [1.165, 1.54) is 0 Å². The van der Waals surface area contributed by atoms with E-state index in [1.807, 2.05) is 206 Å². The zero-order valence-electron chi connectivity index (χ0n) is 54.2. The topological polar surface area (TPSA) is 190 Å². The summed E-state index contributed by atoms with van der Waals surface area (Å²) in [6.07, 6.45) is -11.0. The summed E-state index contributed by atoms with van der Waals surface area (Å²) in [7, 11) is -17.9. The number of phosphoric ester groups is 3. The molecular formula is C77H78O18P4. The van der Waals surface area contributed by atoms with E-state index in [-0.39, 0.29) is 66.1 Å². The molecule has 0 amide bonds. The SMILES string of the molecule is O=P(OCc1ccccc1)(OCc1ccccc1)O[C@@H]1[C@H](OCOCc2ccccc2)[C@H](OP(OCc2ccccc2)OCc2ccccc2)[C@@H](OP(=O)(OCc2ccccc2)OCc2ccccc2)[C@H](OP(=O)(OCc2ccccc2)OCc2ccccc2)[C@H]1OCc1ccccc1. The van der Waals surface area contributed by atoms with Gasteiger partial charge in [0, 0.05) is 0 Å². The zero-order valence-corrected chi connectivity index (χ0v) is 57.8.